The van der Waals surface area contributed by atoms with Crippen LogP contribution in [0.1, 0.15) is 10.4 Å². The predicted octanol–water partition coefficient (Wildman–Crippen LogP) is 4.55. The third-order valence-corrected chi connectivity index (χ3v) is 4.12. The van der Waals surface area contributed by atoms with Gasteiger partial charge in [0, 0.05) is 16.9 Å². The van der Waals surface area contributed by atoms with Crippen LogP contribution in [-0.2, 0) is 6.42 Å². The molecule has 0 aliphatic rings. The summed E-state index contributed by atoms with van der Waals surface area (Å²) in [5.74, 6) is 0.618. The molecular formula is C17H14FNOS. The summed E-state index contributed by atoms with van der Waals surface area (Å²) in [4.78, 5) is 5.63. The maximum atomic E-state index is 13.0. The van der Waals surface area contributed by atoms with E-state index in [1.54, 1.807) is 18.4 Å². The van der Waals surface area contributed by atoms with Crippen molar-refractivity contribution in [1.29, 1.82) is 0 Å². The first kappa shape index (κ1) is 13.8. The van der Waals surface area contributed by atoms with E-state index in [4.69, 9.17) is 4.74 Å². The molecule has 2 aromatic carbocycles. The van der Waals surface area contributed by atoms with E-state index in [0.29, 0.717) is 0 Å². The Morgan fingerprint density at radius 1 is 1.05 bits per heavy atom. The fourth-order valence-corrected chi connectivity index (χ4v) is 2.99. The van der Waals surface area contributed by atoms with E-state index >= 15 is 0 Å². The zero-order valence-corrected chi connectivity index (χ0v) is 12.4. The lowest BCUT2D eigenvalue weighted by Gasteiger charge is -2.05. The normalized spacial score (nSPS) is 10.6. The summed E-state index contributed by atoms with van der Waals surface area (Å²) in [6, 6.07) is 14.5. The lowest BCUT2D eigenvalue weighted by Crippen LogP contribution is -1.90. The Labute approximate surface area is 126 Å². The first-order valence-electron chi connectivity index (χ1n) is 6.57. The van der Waals surface area contributed by atoms with E-state index < -0.39 is 0 Å². The molecule has 0 aliphatic heterocycles. The van der Waals surface area contributed by atoms with Gasteiger partial charge in [0.1, 0.15) is 11.6 Å². The lowest BCUT2D eigenvalue weighted by molar-refractivity contribution is 0.415. The van der Waals surface area contributed by atoms with Gasteiger partial charge in [-0.15, -0.1) is 11.3 Å². The second-order valence-electron chi connectivity index (χ2n) is 4.66. The van der Waals surface area contributed by atoms with Gasteiger partial charge in [0.2, 0.25) is 0 Å². The van der Waals surface area contributed by atoms with Gasteiger partial charge in [-0.2, -0.15) is 0 Å². The maximum absolute atomic E-state index is 13.0. The molecule has 0 radical (unpaired) electrons. The number of rotatable bonds is 4. The van der Waals surface area contributed by atoms with Gasteiger partial charge in [0.25, 0.3) is 0 Å². The van der Waals surface area contributed by atoms with Crippen molar-refractivity contribution in [3.63, 3.8) is 0 Å². The first-order chi connectivity index (χ1) is 10.3. The van der Waals surface area contributed by atoms with E-state index in [1.807, 2.05) is 41.9 Å². The topological polar surface area (TPSA) is 22.1 Å². The zero-order valence-electron chi connectivity index (χ0n) is 11.5. The molecule has 0 aliphatic carbocycles. The van der Waals surface area contributed by atoms with Crippen molar-refractivity contribution in [2.75, 3.05) is 7.11 Å². The standard InChI is InChI=1S/C17H14FNOS/c1-20-15-8-4-13(5-9-15)17-16(21-11-19-17)10-12-2-6-14(18)7-3-12/h2-9,11H,10H2,1H3. The van der Waals surface area contributed by atoms with Crippen LogP contribution in [0.5, 0.6) is 5.75 Å². The molecule has 0 unspecified atom stereocenters. The molecule has 3 rings (SSSR count). The minimum Gasteiger partial charge on any atom is -0.497 e. The Balaban J connectivity index is 1.87. The Morgan fingerprint density at radius 3 is 2.43 bits per heavy atom. The highest BCUT2D eigenvalue weighted by molar-refractivity contribution is 7.10. The largest absolute Gasteiger partial charge is 0.497 e. The molecule has 2 nitrogen and oxygen atoms in total. The third kappa shape index (κ3) is 3.11. The Kier molecular flexibility index (Phi) is 3.97. The fourth-order valence-electron chi connectivity index (χ4n) is 2.17. The van der Waals surface area contributed by atoms with Crippen LogP contribution in [0.25, 0.3) is 11.3 Å². The quantitative estimate of drug-likeness (QED) is 0.705. The lowest BCUT2D eigenvalue weighted by atomic mass is 10.1. The molecule has 0 fully saturated rings. The Hall–Kier alpha value is -2.20. The van der Waals surface area contributed by atoms with Gasteiger partial charge in [-0.3, -0.25) is 0 Å². The molecule has 0 saturated carbocycles. The molecule has 0 bridgehead atoms. The first-order valence-corrected chi connectivity index (χ1v) is 7.45. The van der Waals surface area contributed by atoms with Gasteiger partial charge >= 0.3 is 0 Å². The van der Waals surface area contributed by atoms with E-state index in [0.717, 1.165) is 29.0 Å². The molecule has 1 heterocycles. The molecule has 0 spiro atoms. The Morgan fingerprint density at radius 2 is 1.76 bits per heavy atom. The SMILES string of the molecule is COc1ccc(-c2ncsc2Cc2ccc(F)cc2)cc1. The summed E-state index contributed by atoms with van der Waals surface area (Å²) in [6.07, 6.45) is 0.756. The van der Waals surface area contributed by atoms with Gasteiger partial charge in [0.05, 0.1) is 18.3 Å². The number of hydrogen-bond donors (Lipinski definition) is 0. The van der Waals surface area contributed by atoms with Crippen LogP contribution in [0.3, 0.4) is 0 Å². The van der Waals surface area contributed by atoms with Gasteiger partial charge in [-0.25, -0.2) is 9.37 Å². The van der Waals surface area contributed by atoms with Gasteiger partial charge < -0.3 is 4.74 Å². The van der Waals surface area contributed by atoms with E-state index in [1.165, 1.54) is 17.0 Å². The molecule has 4 heteroatoms. The van der Waals surface area contributed by atoms with Crippen molar-refractivity contribution in [2.24, 2.45) is 0 Å². The minimum atomic E-state index is -0.210. The third-order valence-electron chi connectivity index (χ3n) is 3.28. The summed E-state index contributed by atoms with van der Waals surface area (Å²) >= 11 is 1.62. The summed E-state index contributed by atoms with van der Waals surface area (Å²) in [7, 11) is 1.65. The number of methoxy groups -OCH3 is 1. The molecular weight excluding hydrogens is 285 g/mol. The zero-order chi connectivity index (χ0) is 14.7. The number of hydrogen-bond acceptors (Lipinski definition) is 3. The van der Waals surface area contributed by atoms with Gasteiger partial charge in [0.15, 0.2) is 0 Å². The van der Waals surface area contributed by atoms with Crippen LogP contribution >= 0.6 is 11.3 Å². The van der Waals surface area contributed by atoms with E-state index in [-0.39, 0.29) is 5.82 Å². The minimum absolute atomic E-state index is 0.210. The smallest absolute Gasteiger partial charge is 0.123 e. The highest BCUT2D eigenvalue weighted by atomic mass is 32.1. The summed E-state index contributed by atoms with van der Waals surface area (Å²) in [5, 5.41) is 0. The van der Waals surface area contributed by atoms with Crippen molar-refractivity contribution >= 4 is 11.3 Å². The summed E-state index contributed by atoms with van der Waals surface area (Å²) in [5.41, 5.74) is 4.97. The molecule has 0 N–H and O–H groups in total. The van der Waals surface area contributed by atoms with Crippen LogP contribution in [-0.4, -0.2) is 12.1 Å². The number of thiazole rings is 1. The molecule has 106 valence electrons. The Bertz CT molecular complexity index is 719. The average Bonchev–Trinajstić information content (AvgIpc) is 2.98. The number of aromatic nitrogens is 1. The number of nitrogens with zero attached hydrogens (tertiary/aromatic N) is 1. The molecule has 0 amide bonds. The van der Waals surface area contributed by atoms with Gasteiger partial charge in [-0.05, 0) is 42.0 Å². The maximum Gasteiger partial charge on any atom is 0.123 e. The summed E-state index contributed by atoms with van der Waals surface area (Å²) < 4.78 is 18.1. The number of benzene rings is 2. The van der Waals surface area contributed by atoms with E-state index in [2.05, 4.69) is 4.98 Å². The van der Waals surface area contributed by atoms with Crippen LogP contribution in [0.2, 0.25) is 0 Å². The van der Waals surface area contributed by atoms with Crippen LogP contribution < -0.4 is 4.74 Å². The van der Waals surface area contributed by atoms with Crippen molar-refractivity contribution in [3.05, 3.63) is 70.3 Å². The molecule has 0 atom stereocenters. The predicted molar refractivity (Wildman–Crippen MR) is 83.3 cm³/mol. The van der Waals surface area contributed by atoms with E-state index in [9.17, 15) is 4.39 Å². The number of ether oxygens (including phenoxy) is 1. The fraction of sp³-hybridized carbons (Fsp3) is 0.118. The van der Waals surface area contributed by atoms with Crippen molar-refractivity contribution < 1.29 is 9.13 Å². The molecule has 1 aromatic heterocycles. The highest BCUT2D eigenvalue weighted by Crippen LogP contribution is 2.29. The van der Waals surface area contributed by atoms with Crippen LogP contribution in [0.4, 0.5) is 4.39 Å². The number of halogens is 1. The van der Waals surface area contributed by atoms with Crippen molar-refractivity contribution in [2.45, 2.75) is 6.42 Å². The van der Waals surface area contributed by atoms with Gasteiger partial charge in [-0.1, -0.05) is 12.1 Å². The van der Waals surface area contributed by atoms with Crippen molar-refractivity contribution in [3.8, 4) is 17.0 Å². The van der Waals surface area contributed by atoms with Crippen LogP contribution in [0.15, 0.2) is 54.0 Å². The second-order valence-corrected chi connectivity index (χ2v) is 5.60. The summed E-state index contributed by atoms with van der Waals surface area (Å²) in [6.45, 7) is 0. The van der Waals surface area contributed by atoms with Crippen molar-refractivity contribution in [1.82, 2.24) is 4.98 Å². The monoisotopic (exact) mass is 299 g/mol. The molecule has 3 aromatic rings. The molecule has 21 heavy (non-hydrogen) atoms. The average molecular weight is 299 g/mol. The highest BCUT2D eigenvalue weighted by Gasteiger charge is 2.09. The van der Waals surface area contributed by atoms with Crippen LogP contribution in [0, 0.1) is 5.82 Å². The molecule has 0 saturated heterocycles. The second kappa shape index (κ2) is 6.06.